The number of thiophene rings is 1. The third-order valence-electron chi connectivity index (χ3n) is 9.01. The average molecular weight is 594 g/mol. The SMILES string of the molecule is CO.NC1(c2cccc3ccccc23)CCc2c(ccc3c2cc(-c2sccc2OCc2ccccc2)c2ccccc23)C1. The maximum Gasteiger partial charge on any atom is 0.138 e. The van der Waals surface area contributed by atoms with Crippen LogP contribution in [0.15, 0.2) is 127 Å². The van der Waals surface area contributed by atoms with E-state index in [-0.39, 0.29) is 0 Å². The smallest absolute Gasteiger partial charge is 0.138 e. The predicted octanol–water partition coefficient (Wildman–Crippen LogP) is 9.41. The van der Waals surface area contributed by atoms with E-state index in [0.717, 1.165) is 32.1 Å². The second-order valence-electron chi connectivity index (χ2n) is 11.5. The summed E-state index contributed by atoms with van der Waals surface area (Å²) < 4.78 is 6.40. The number of rotatable bonds is 5. The van der Waals surface area contributed by atoms with Crippen molar-refractivity contribution < 1.29 is 9.84 Å². The van der Waals surface area contributed by atoms with Gasteiger partial charge in [-0.2, -0.15) is 0 Å². The molecule has 0 radical (unpaired) electrons. The lowest BCUT2D eigenvalue weighted by Crippen LogP contribution is -2.42. The van der Waals surface area contributed by atoms with Crippen LogP contribution in [0.4, 0.5) is 0 Å². The topological polar surface area (TPSA) is 55.5 Å². The van der Waals surface area contributed by atoms with Crippen LogP contribution in [0, 0.1) is 0 Å². The molecule has 44 heavy (non-hydrogen) atoms. The summed E-state index contributed by atoms with van der Waals surface area (Å²) in [4.78, 5) is 1.18. The average Bonchev–Trinajstić information content (AvgIpc) is 3.56. The maximum atomic E-state index is 7.29. The van der Waals surface area contributed by atoms with Gasteiger partial charge in [0, 0.05) is 18.2 Å². The Labute approximate surface area is 262 Å². The van der Waals surface area contributed by atoms with Crippen molar-refractivity contribution in [2.45, 2.75) is 31.4 Å². The summed E-state index contributed by atoms with van der Waals surface area (Å²) >= 11 is 1.75. The normalized spacial score (nSPS) is 16.0. The molecule has 0 amide bonds. The van der Waals surface area contributed by atoms with E-state index in [2.05, 4.69) is 121 Å². The van der Waals surface area contributed by atoms with Crippen molar-refractivity contribution in [1.82, 2.24) is 0 Å². The molecule has 1 heterocycles. The van der Waals surface area contributed by atoms with E-state index in [9.17, 15) is 0 Å². The molecule has 3 nitrogen and oxygen atoms in total. The van der Waals surface area contributed by atoms with Crippen molar-refractivity contribution in [1.29, 1.82) is 0 Å². The largest absolute Gasteiger partial charge is 0.487 e. The van der Waals surface area contributed by atoms with Crippen molar-refractivity contribution in [2.75, 3.05) is 7.11 Å². The van der Waals surface area contributed by atoms with Gasteiger partial charge < -0.3 is 15.6 Å². The van der Waals surface area contributed by atoms with Gasteiger partial charge in [-0.25, -0.2) is 0 Å². The summed E-state index contributed by atoms with van der Waals surface area (Å²) in [6, 6.07) is 43.5. The van der Waals surface area contributed by atoms with Crippen LogP contribution in [-0.2, 0) is 25.0 Å². The number of ether oxygens (including phenoxy) is 1. The first-order chi connectivity index (χ1) is 21.7. The lowest BCUT2D eigenvalue weighted by molar-refractivity contribution is 0.309. The highest BCUT2D eigenvalue weighted by molar-refractivity contribution is 7.14. The van der Waals surface area contributed by atoms with Crippen LogP contribution in [0.3, 0.4) is 0 Å². The predicted molar refractivity (Wildman–Crippen MR) is 186 cm³/mol. The van der Waals surface area contributed by atoms with Crippen LogP contribution >= 0.6 is 11.3 Å². The Bertz CT molecular complexity index is 2090. The number of fused-ring (bicyclic) bond motifs is 6. The maximum absolute atomic E-state index is 7.29. The molecular weight excluding hydrogens is 559 g/mol. The molecule has 7 aromatic rings. The summed E-state index contributed by atoms with van der Waals surface area (Å²) in [6.07, 6.45) is 2.70. The molecule has 0 fully saturated rings. The van der Waals surface area contributed by atoms with Gasteiger partial charge in [0.1, 0.15) is 12.4 Å². The fraction of sp³-hybridized carbons (Fsp3) is 0.150. The highest BCUT2D eigenvalue weighted by atomic mass is 32.1. The molecule has 0 bridgehead atoms. The third kappa shape index (κ3) is 4.95. The second kappa shape index (κ2) is 11.9. The molecule has 3 N–H and O–H groups in total. The van der Waals surface area contributed by atoms with Crippen LogP contribution in [-0.4, -0.2) is 12.2 Å². The molecule has 1 unspecified atom stereocenters. The molecule has 0 saturated carbocycles. The minimum absolute atomic E-state index is 0.395. The van der Waals surface area contributed by atoms with Crippen LogP contribution in [0.1, 0.15) is 28.7 Å². The number of nitrogens with two attached hydrogens (primary N) is 1. The van der Waals surface area contributed by atoms with Gasteiger partial charge in [-0.15, -0.1) is 11.3 Å². The van der Waals surface area contributed by atoms with Gasteiger partial charge in [-0.3, -0.25) is 0 Å². The lowest BCUT2D eigenvalue weighted by Gasteiger charge is -2.37. The summed E-state index contributed by atoms with van der Waals surface area (Å²) in [6.45, 7) is 0.554. The zero-order valence-electron chi connectivity index (χ0n) is 24.8. The fourth-order valence-corrected chi connectivity index (χ4v) is 7.81. The van der Waals surface area contributed by atoms with Crippen molar-refractivity contribution >= 4 is 43.7 Å². The van der Waals surface area contributed by atoms with Crippen LogP contribution in [0.25, 0.3) is 42.8 Å². The summed E-state index contributed by atoms with van der Waals surface area (Å²) in [7, 11) is 1.00. The molecule has 0 spiro atoms. The highest BCUT2D eigenvalue weighted by Gasteiger charge is 2.34. The van der Waals surface area contributed by atoms with Crippen molar-refractivity contribution in [3.8, 4) is 16.2 Å². The zero-order chi connectivity index (χ0) is 30.1. The summed E-state index contributed by atoms with van der Waals surface area (Å²) in [5.41, 5.74) is 13.3. The second-order valence-corrected chi connectivity index (χ2v) is 12.4. The number of aliphatic hydroxyl groups excluding tert-OH is 1. The molecule has 0 saturated heterocycles. The number of aliphatic hydroxyl groups is 1. The van der Waals surface area contributed by atoms with Crippen LogP contribution in [0.5, 0.6) is 5.75 Å². The van der Waals surface area contributed by atoms with Gasteiger partial charge >= 0.3 is 0 Å². The Hall–Kier alpha value is -4.48. The van der Waals surface area contributed by atoms with Crippen molar-refractivity contribution in [3.63, 3.8) is 0 Å². The molecule has 4 heteroatoms. The molecule has 8 rings (SSSR count). The van der Waals surface area contributed by atoms with E-state index in [1.54, 1.807) is 11.3 Å². The standard InChI is InChI=1S/C39H31NOS.CH4O/c40-39(36-16-8-12-27-11-4-5-13-30(27)36)21-19-29-28(24-39)17-18-33-31-14-6-7-15-32(31)35(23-34(29)33)38-37(20-22-42-38)41-25-26-9-2-1-3-10-26;1-2/h1-18,20,22-23H,19,21,24-25,40H2;2H,1H3. The molecule has 1 aliphatic carbocycles. The molecule has 0 aliphatic heterocycles. The van der Waals surface area contributed by atoms with E-state index in [0.29, 0.717) is 6.61 Å². The Morgan fingerprint density at radius 3 is 2.27 bits per heavy atom. The number of aryl methyl sites for hydroxylation is 1. The molecule has 1 aliphatic rings. The van der Waals surface area contributed by atoms with E-state index < -0.39 is 5.54 Å². The Balaban J connectivity index is 0.00000153. The number of hydrogen-bond acceptors (Lipinski definition) is 4. The summed E-state index contributed by atoms with van der Waals surface area (Å²) in [5.74, 6) is 0.940. The minimum atomic E-state index is -0.395. The fourth-order valence-electron chi connectivity index (χ4n) is 6.94. The monoisotopic (exact) mass is 593 g/mol. The van der Waals surface area contributed by atoms with E-state index in [1.165, 1.54) is 65.0 Å². The van der Waals surface area contributed by atoms with Gasteiger partial charge in [0.25, 0.3) is 0 Å². The lowest BCUT2D eigenvalue weighted by atomic mass is 9.72. The third-order valence-corrected chi connectivity index (χ3v) is 9.94. The molecule has 218 valence electrons. The number of benzene rings is 6. The molecular formula is C40H35NO2S. The van der Waals surface area contributed by atoms with E-state index >= 15 is 0 Å². The Kier molecular flexibility index (Phi) is 7.65. The van der Waals surface area contributed by atoms with Gasteiger partial charge in [-0.05, 0) is 91.3 Å². The first-order valence-electron chi connectivity index (χ1n) is 15.1. The van der Waals surface area contributed by atoms with Gasteiger partial charge in [0.15, 0.2) is 0 Å². The van der Waals surface area contributed by atoms with Crippen molar-refractivity contribution in [3.05, 3.63) is 149 Å². The summed E-state index contributed by atoms with van der Waals surface area (Å²) in [5, 5.41) is 16.9. The zero-order valence-corrected chi connectivity index (χ0v) is 25.6. The molecule has 1 aromatic heterocycles. The van der Waals surface area contributed by atoms with Crippen LogP contribution in [0.2, 0.25) is 0 Å². The van der Waals surface area contributed by atoms with E-state index in [4.69, 9.17) is 15.6 Å². The van der Waals surface area contributed by atoms with Gasteiger partial charge in [0.05, 0.1) is 4.88 Å². The van der Waals surface area contributed by atoms with E-state index in [1.807, 2.05) is 6.07 Å². The molecule has 1 atom stereocenters. The van der Waals surface area contributed by atoms with Crippen LogP contribution < -0.4 is 10.5 Å². The minimum Gasteiger partial charge on any atom is -0.487 e. The van der Waals surface area contributed by atoms with Crippen molar-refractivity contribution in [2.24, 2.45) is 5.73 Å². The highest BCUT2D eigenvalue weighted by Crippen LogP contribution is 2.46. The Morgan fingerprint density at radius 1 is 0.727 bits per heavy atom. The van der Waals surface area contributed by atoms with Gasteiger partial charge in [0.2, 0.25) is 0 Å². The first-order valence-corrected chi connectivity index (χ1v) is 16.0. The number of hydrogen-bond donors (Lipinski definition) is 2. The Morgan fingerprint density at radius 2 is 1.43 bits per heavy atom. The van der Waals surface area contributed by atoms with Gasteiger partial charge in [-0.1, -0.05) is 109 Å². The first kappa shape index (κ1) is 28.3. The quantitative estimate of drug-likeness (QED) is 0.196. The molecule has 6 aromatic carbocycles.